The summed E-state index contributed by atoms with van der Waals surface area (Å²) in [4.78, 5) is 15.6. The summed E-state index contributed by atoms with van der Waals surface area (Å²) in [5.74, 6) is -0.124. The molecular formula is C11H16BrN3O2. The third-order valence-electron chi connectivity index (χ3n) is 2.12. The Morgan fingerprint density at radius 2 is 2.47 bits per heavy atom. The second-order valence-corrected chi connectivity index (χ2v) is 4.28. The van der Waals surface area contributed by atoms with E-state index in [1.165, 1.54) is 0 Å². The summed E-state index contributed by atoms with van der Waals surface area (Å²) in [5, 5.41) is 2.77. The fraction of sp³-hybridized carbons (Fsp3) is 0.455. The fourth-order valence-corrected chi connectivity index (χ4v) is 1.68. The summed E-state index contributed by atoms with van der Waals surface area (Å²) in [5.41, 5.74) is 6.20. The molecule has 1 atom stereocenters. The predicted molar refractivity (Wildman–Crippen MR) is 69.7 cm³/mol. The van der Waals surface area contributed by atoms with E-state index in [1.54, 1.807) is 18.5 Å². The second kappa shape index (κ2) is 7.37. The lowest BCUT2D eigenvalue weighted by Crippen LogP contribution is -2.29. The maximum absolute atomic E-state index is 11.7. The lowest BCUT2D eigenvalue weighted by atomic mass is 10.2. The van der Waals surface area contributed by atoms with Crippen LogP contribution < -0.4 is 11.1 Å². The van der Waals surface area contributed by atoms with Crippen molar-refractivity contribution in [3.05, 3.63) is 22.9 Å². The third-order valence-corrected chi connectivity index (χ3v) is 2.76. The smallest absolute Gasteiger partial charge is 0.227 e. The Morgan fingerprint density at radius 3 is 3.06 bits per heavy atom. The van der Waals surface area contributed by atoms with Crippen molar-refractivity contribution in [2.24, 2.45) is 5.73 Å². The average Bonchev–Trinajstić information content (AvgIpc) is 2.31. The van der Waals surface area contributed by atoms with Gasteiger partial charge in [-0.1, -0.05) is 0 Å². The lowest BCUT2D eigenvalue weighted by Gasteiger charge is -2.14. The summed E-state index contributed by atoms with van der Waals surface area (Å²) >= 11 is 3.31. The molecule has 1 aromatic rings. The van der Waals surface area contributed by atoms with Crippen LogP contribution in [0.3, 0.4) is 0 Å². The standard InChI is InChI=1S/C11H16BrN3O2/c1-2-17-8(6-13)5-11(16)15-10-3-4-14-7-9(10)12/h3-4,7-8H,2,5-6,13H2,1H3,(H,14,15,16). The molecule has 3 N–H and O–H groups in total. The molecule has 0 saturated carbocycles. The normalized spacial score (nSPS) is 12.2. The van der Waals surface area contributed by atoms with E-state index in [9.17, 15) is 4.79 Å². The summed E-state index contributed by atoms with van der Waals surface area (Å²) in [6.45, 7) is 2.76. The number of anilines is 1. The number of amides is 1. The zero-order valence-electron chi connectivity index (χ0n) is 9.65. The Balaban J connectivity index is 2.52. The first-order chi connectivity index (χ1) is 8.17. The number of carbonyl (C=O) groups is 1. The Labute approximate surface area is 109 Å². The zero-order chi connectivity index (χ0) is 12.7. The van der Waals surface area contributed by atoms with Gasteiger partial charge in [-0.2, -0.15) is 0 Å². The number of carbonyl (C=O) groups excluding carboxylic acids is 1. The number of pyridine rings is 1. The number of hydrogen-bond acceptors (Lipinski definition) is 4. The summed E-state index contributed by atoms with van der Waals surface area (Å²) < 4.78 is 6.06. The molecule has 5 nitrogen and oxygen atoms in total. The maximum atomic E-state index is 11.7. The molecule has 0 saturated heterocycles. The average molecular weight is 302 g/mol. The van der Waals surface area contributed by atoms with Gasteiger partial charge >= 0.3 is 0 Å². The number of aromatic nitrogens is 1. The largest absolute Gasteiger partial charge is 0.377 e. The highest BCUT2D eigenvalue weighted by molar-refractivity contribution is 9.10. The SMILES string of the molecule is CCOC(CN)CC(=O)Nc1ccncc1Br. The van der Waals surface area contributed by atoms with E-state index in [0.717, 1.165) is 4.47 Å². The van der Waals surface area contributed by atoms with E-state index in [-0.39, 0.29) is 18.4 Å². The molecule has 17 heavy (non-hydrogen) atoms. The number of hydrogen-bond donors (Lipinski definition) is 2. The molecule has 0 aliphatic carbocycles. The first-order valence-electron chi connectivity index (χ1n) is 5.38. The molecule has 0 aromatic carbocycles. The van der Waals surface area contributed by atoms with E-state index < -0.39 is 0 Å². The van der Waals surface area contributed by atoms with Crippen molar-refractivity contribution in [1.82, 2.24) is 4.98 Å². The van der Waals surface area contributed by atoms with Gasteiger partial charge in [0.15, 0.2) is 0 Å². The molecule has 6 heteroatoms. The van der Waals surface area contributed by atoms with Gasteiger partial charge in [0, 0.05) is 25.5 Å². The van der Waals surface area contributed by atoms with Gasteiger partial charge in [0.05, 0.1) is 22.7 Å². The monoisotopic (exact) mass is 301 g/mol. The summed E-state index contributed by atoms with van der Waals surface area (Å²) in [6.07, 6.45) is 3.25. The zero-order valence-corrected chi connectivity index (χ0v) is 11.2. The molecule has 1 amide bonds. The molecule has 0 radical (unpaired) electrons. The van der Waals surface area contributed by atoms with Crippen LogP contribution in [0.4, 0.5) is 5.69 Å². The van der Waals surface area contributed by atoms with Crippen LogP contribution in [0.1, 0.15) is 13.3 Å². The number of halogens is 1. The minimum absolute atomic E-state index is 0.124. The van der Waals surface area contributed by atoms with Gasteiger partial charge in [0.25, 0.3) is 0 Å². The number of nitrogens with one attached hydrogen (secondary N) is 1. The molecule has 0 aliphatic heterocycles. The van der Waals surface area contributed by atoms with Crippen LogP contribution in [0.5, 0.6) is 0 Å². The van der Waals surface area contributed by atoms with E-state index in [4.69, 9.17) is 10.5 Å². The summed E-state index contributed by atoms with van der Waals surface area (Å²) in [6, 6.07) is 1.72. The van der Waals surface area contributed by atoms with Crippen molar-refractivity contribution in [2.45, 2.75) is 19.4 Å². The Bertz CT molecular complexity index is 373. The molecular weight excluding hydrogens is 286 g/mol. The first kappa shape index (κ1) is 14.1. The highest BCUT2D eigenvalue weighted by atomic mass is 79.9. The Hall–Kier alpha value is -0.980. The van der Waals surface area contributed by atoms with E-state index in [0.29, 0.717) is 18.8 Å². The molecule has 0 aliphatic rings. The minimum Gasteiger partial charge on any atom is -0.377 e. The van der Waals surface area contributed by atoms with Crippen LogP contribution in [0.15, 0.2) is 22.9 Å². The number of nitrogens with two attached hydrogens (primary N) is 1. The molecule has 0 bridgehead atoms. The van der Waals surface area contributed by atoms with Crippen LogP contribution in [-0.4, -0.2) is 30.1 Å². The second-order valence-electron chi connectivity index (χ2n) is 3.42. The van der Waals surface area contributed by atoms with Crippen molar-refractivity contribution in [1.29, 1.82) is 0 Å². The maximum Gasteiger partial charge on any atom is 0.227 e. The van der Waals surface area contributed by atoms with Crippen LogP contribution in [0.2, 0.25) is 0 Å². The fourth-order valence-electron chi connectivity index (χ4n) is 1.33. The van der Waals surface area contributed by atoms with Gasteiger partial charge in [-0.3, -0.25) is 9.78 Å². The van der Waals surface area contributed by atoms with E-state index >= 15 is 0 Å². The molecule has 0 fully saturated rings. The van der Waals surface area contributed by atoms with Gasteiger partial charge < -0.3 is 15.8 Å². The number of nitrogens with zero attached hydrogens (tertiary/aromatic N) is 1. The van der Waals surface area contributed by atoms with E-state index in [1.807, 2.05) is 6.92 Å². The number of ether oxygens (including phenoxy) is 1. The van der Waals surface area contributed by atoms with Gasteiger partial charge in [-0.05, 0) is 28.9 Å². The van der Waals surface area contributed by atoms with Crippen molar-refractivity contribution < 1.29 is 9.53 Å². The minimum atomic E-state index is -0.236. The van der Waals surface area contributed by atoms with Crippen LogP contribution in [0, 0.1) is 0 Å². The topological polar surface area (TPSA) is 77.2 Å². The molecule has 1 rings (SSSR count). The van der Waals surface area contributed by atoms with Gasteiger partial charge in [0.2, 0.25) is 5.91 Å². The molecule has 1 aromatic heterocycles. The quantitative estimate of drug-likeness (QED) is 0.835. The van der Waals surface area contributed by atoms with E-state index in [2.05, 4.69) is 26.2 Å². The predicted octanol–water partition coefficient (Wildman–Crippen LogP) is 1.54. The van der Waals surface area contributed by atoms with Crippen molar-refractivity contribution in [2.75, 3.05) is 18.5 Å². The Morgan fingerprint density at radius 1 is 1.71 bits per heavy atom. The lowest BCUT2D eigenvalue weighted by molar-refractivity contribution is -0.118. The van der Waals surface area contributed by atoms with Crippen LogP contribution >= 0.6 is 15.9 Å². The van der Waals surface area contributed by atoms with Gasteiger partial charge in [-0.15, -0.1) is 0 Å². The van der Waals surface area contributed by atoms with Gasteiger partial charge in [0.1, 0.15) is 0 Å². The Kier molecular flexibility index (Phi) is 6.10. The van der Waals surface area contributed by atoms with Crippen LogP contribution in [0.25, 0.3) is 0 Å². The molecule has 0 spiro atoms. The number of rotatable bonds is 6. The van der Waals surface area contributed by atoms with Crippen LogP contribution in [-0.2, 0) is 9.53 Å². The van der Waals surface area contributed by atoms with Gasteiger partial charge in [-0.25, -0.2) is 0 Å². The highest BCUT2D eigenvalue weighted by Crippen LogP contribution is 2.20. The first-order valence-corrected chi connectivity index (χ1v) is 6.17. The van der Waals surface area contributed by atoms with Crippen molar-refractivity contribution >= 4 is 27.5 Å². The van der Waals surface area contributed by atoms with Crippen molar-refractivity contribution in [3.63, 3.8) is 0 Å². The molecule has 1 unspecified atom stereocenters. The molecule has 94 valence electrons. The van der Waals surface area contributed by atoms with Crippen molar-refractivity contribution in [3.8, 4) is 0 Å². The third kappa shape index (κ3) is 4.80. The summed E-state index contributed by atoms with van der Waals surface area (Å²) in [7, 11) is 0. The molecule has 1 heterocycles. The highest BCUT2D eigenvalue weighted by Gasteiger charge is 2.13.